The fourth-order valence-corrected chi connectivity index (χ4v) is 2.87. The molecule has 1 unspecified atom stereocenters. The Bertz CT molecular complexity index is 641. The van der Waals surface area contributed by atoms with Crippen molar-refractivity contribution in [3.8, 4) is 11.5 Å². The van der Waals surface area contributed by atoms with E-state index in [2.05, 4.69) is 5.32 Å². The Morgan fingerprint density at radius 2 is 2.10 bits per heavy atom. The normalized spacial score (nSPS) is 16.5. The van der Waals surface area contributed by atoms with Gasteiger partial charge in [-0.15, -0.1) is 11.3 Å². The van der Waals surface area contributed by atoms with Gasteiger partial charge in [0.05, 0.1) is 11.4 Å². The molecule has 1 amide bonds. The van der Waals surface area contributed by atoms with Gasteiger partial charge in [0.25, 0.3) is 5.91 Å². The standard InChI is InChI=1S/C15H16N2O3S/c16-7-11-5-6-14(21-11)15(18)17-8-10-9-19-12-3-1-2-4-13(12)20-10/h1-6,10H,7-9,16H2,(H,17,18). The lowest BCUT2D eigenvalue weighted by Gasteiger charge is -2.26. The molecule has 0 saturated carbocycles. The number of hydrogen-bond donors (Lipinski definition) is 2. The van der Waals surface area contributed by atoms with Crippen LogP contribution < -0.4 is 20.5 Å². The zero-order valence-corrected chi connectivity index (χ0v) is 12.2. The number of para-hydroxylation sites is 2. The van der Waals surface area contributed by atoms with Crippen LogP contribution in [0.1, 0.15) is 14.5 Å². The average molecular weight is 304 g/mol. The molecular weight excluding hydrogens is 288 g/mol. The Morgan fingerprint density at radius 1 is 1.29 bits per heavy atom. The van der Waals surface area contributed by atoms with Crippen LogP contribution in [0.3, 0.4) is 0 Å². The molecule has 110 valence electrons. The zero-order chi connectivity index (χ0) is 14.7. The Kier molecular flexibility index (Phi) is 4.08. The molecule has 1 aromatic carbocycles. The van der Waals surface area contributed by atoms with Gasteiger partial charge < -0.3 is 20.5 Å². The summed E-state index contributed by atoms with van der Waals surface area (Å²) in [4.78, 5) is 13.7. The fourth-order valence-electron chi connectivity index (χ4n) is 2.07. The number of rotatable bonds is 4. The Hall–Kier alpha value is -2.05. The van der Waals surface area contributed by atoms with E-state index in [1.807, 2.05) is 30.3 Å². The summed E-state index contributed by atoms with van der Waals surface area (Å²) < 4.78 is 11.4. The number of carbonyl (C=O) groups is 1. The summed E-state index contributed by atoms with van der Waals surface area (Å²) >= 11 is 1.41. The van der Waals surface area contributed by atoms with Crippen LogP contribution in [0.4, 0.5) is 0 Å². The van der Waals surface area contributed by atoms with Gasteiger partial charge in [0.2, 0.25) is 0 Å². The maximum absolute atomic E-state index is 12.0. The predicted molar refractivity (Wildman–Crippen MR) is 80.9 cm³/mol. The van der Waals surface area contributed by atoms with Gasteiger partial charge in [-0.3, -0.25) is 4.79 Å². The van der Waals surface area contributed by atoms with Gasteiger partial charge in [-0.25, -0.2) is 0 Å². The molecule has 3 rings (SSSR count). The van der Waals surface area contributed by atoms with Crippen molar-refractivity contribution in [1.82, 2.24) is 5.32 Å². The molecule has 0 bridgehead atoms. The van der Waals surface area contributed by atoms with Crippen LogP contribution in [0.25, 0.3) is 0 Å². The van der Waals surface area contributed by atoms with Crippen molar-refractivity contribution >= 4 is 17.2 Å². The molecule has 1 aliphatic heterocycles. The SMILES string of the molecule is NCc1ccc(C(=O)NCC2COc3ccccc3O2)s1. The van der Waals surface area contributed by atoms with E-state index in [1.54, 1.807) is 6.07 Å². The first-order chi connectivity index (χ1) is 10.3. The summed E-state index contributed by atoms with van der Waals surface area (Å²) in [6.45, 7) is 1.28. The molecule has 2 aromatic rings. The van der Waals surface area contributed by atoms with Crippen LogP contribution in [-0.4, -0.2) is 25.2 Å². The average Bonchev–Trinajstić information content (AvgIpc) is 3.01. The number of fused-ring (bicyclic) bond motifs is 1. The smallest absolute Gasteiger partial charge is 0.261 e. The highest BCUT2D eigenvalue weighted by Crippen LogP contribution is 2.30. The number of nitrogens with one attached hydrogen (secondary N) is 1. The lowest BCUT2D eigenvalue weighted by molar-refractivity contribution is 0.0791. The number of carbonyl (C=O) groups excluding carboxylic acids is 1. The van der Waals surface area contributed by atoms with Gasteiger partial charge in [0.1, 0.15) is 12.7 Å². The molecule has 1 aromatic heterocycles. The summed E-state index contributed by atoms with van der Waals surface area (Å²) in [6, 6.07) is 11.2. The van der Waals surface area contributed by atoms with Crippen molar-refractivity contribution in [3.63, 3.8) is 0 Å². The summed E-state index contributed by atoms with van der Waals surface area (Å²) in [7, 11) is 0. The Labute approximate surface area is 126 Å². The minimum atomic E-state index is -0.183. The summed E-state index contributed by atoms with van der Waals surface area (Å²) in [6.07, 6.45) is -0.183. The largest absolute Gasteiger partial charge is 0.486 e. The number of thiophene rings is 1. The van der Waals surface area contributed by atoms with Crippen molar-refractivity contribution in [2.24, 2.45) is 5.73 Å². The van der Waals surface area contributed by atoms with E-state index in [4.69, 9.17) is 15.2 Å². The van der Waals surface area contributed by atoms with Crippen LogP contribution in [0, 0.1) is 0 Å². The number of ether oxygens (including phenoxy) is 2. The van der Waals surface area contributed by atoms with E-state index in [0.717, 1.165) is 10.6 Å². The zero-order valence-electron chi connectivity index (χ0n) is 11.4. The van der Waals surface area contributed by atoms with Crippen molar-refractivity contribution in [2.75, 3.05) is 13.2 Å². The van der Waals surface area contributed by atoms with Crippen molar-refractivity contribution < 1.29 is 14.3 Å². The minimum absolute atomic E-state index is 0.109. The number of hydrogen-bond acceptors (Lipinski definition) is 5. The Morgan fingerprint density at radius 3 is 2.86 bits per heavy atom. The molecule has 2 heterocycles. The maximum Gasteiger partial charge on any atom is 0.261 e. The second-order valence-corrected chi connectivity index (χ2v) is 5.85. The van der Waals surface area contributed by atoms with Gasteiger partial charge in [-0.1, -0.05) is 12.1 Å². The topological polar surface area (TPSA) is 73.6 Å². The molecule has 5 nitrogen and oxygen atoms in total. The first kappa shape index (κ1) is 13.9. The van der Waals surface area contributed by atoms with Gasteiger partial charge in [0, 0.05) is 11.4 Å². The number of benzene rings is 1. The van der Waals surface area contributed by atoms with Crippen LogP contribution in [0.2, 0.25) is 0 Å². The second-order valence-electron chi connectivity index (χ2n) is 4.68. The summed E-state index contributed by atoms with van der Waals surface area (Å²) in [5.74, 6) is 1.35. The number of amides is 1. The van der Waals surface area contributed by atoms with E-state index < -0.39 is 0 Å². The molecule has 0 radical (unpaired) electrons. The van der Waals surface area contributed by atoms with Gasteiger partial charge in [-0.2, -0.15) is 0 Å². The van der Waals surface area contributed by atoms with Gasteiger partial charge in [-0.05, 0) is 24.3 Å². The second kappa shape index (κ2) is 6.15. The first-order valence-corrected chi connectivity index (χ1v) is 7.53. The molecule has 3 N–H and O–H groups in total. The maximum atomic E-state index is 12.0. The molecule has 1 atom stereocenters. The highest BCUT2D eigenvalue weighted by atomic mass is 32.1. The van der Waals surface area contributed by atoms with Crippen LogP contribution in [-0.2, 0) is 6.54 Å². The van der Waals surface area contributed by atoms with Crippen molar-refractivity contribution in [3.05, 3.63) is 46.2 Å². The van der Waals surface area contributed by atoms with Gasteiger partial charge in [0.15, 0.2) is 11.5 Å². The monoisotopic (exact) mass is 304 g/mol. The third-order valence-corrected chi connectivity index (χ3v) is 4.25. The van der Waals surface area contributed by atoms with Gasteiger partial charge >= 0.3 is 0 Å². The third kappa shape index (κ3) is 3.17. The molecule has 0 aliphatic carbocycles. The third-order valence-electron chi connectivity index (χ3n) is 3.14. The highest BCUT2D eigenvalue weighted by molar-refractivity contribution is 7.14. The van der Waals surface area contributed by atoms with Crippen molar-refractivity contribution in [2.45, 2.75) is 12.6 Å². The molecule has 0 spiro atoms. The quantitative estimate of drug-likeness (QED) is 0.903. The molecule has 21 heavy (non-hydrogen) atoms. The van der Waals surface area contributed by atoms with Crippen LogP contribution in [0.15, 0.2) is 36.4 Å². The van der Waals surface area contributed by atoms with E-state index in [-0.39, 0.29) is 12.0 Å². The predicted octanol–water partition coefficient (Wildman–Crippen LogP) is 1.78. The van der Waals surface area contributed by atoms with E-state index in [9.17, 15) is 4.79 Å². The fraction of sp³-hybridized carbons (Fsp3) is 0.267. The number of nitrogens with two attached hydrogens (primary N) is 1. The van der Waals surface area contributed by atoms with E-state index >= 15 is 0 Å². The lowest BCUT2D eigenvalue weighted by Crippen LogP contribution is -2.40. The van der Waals surface area contributed by atoms with E-state index in [0.29, 0.717) is 30.3 Å². The first-order valence-electron chi connectivity index (χ1n) is 6.71. The molecule has 6 heteroatoms. The Balaban J connectivity index is 1.55. The minimum Gasteiger partial charge on any atom is -0.486 e. The van der Waals surface area contributed by atoms with E-state index in [1.165, 1.54) is 11.3 Å². The lowest BCUT2D eigenvalue weighted by atomic mass is 10.2. The van der Waals surface area contributed by atoms with Crippen LogP contribution in [0.5, 0.6) is 11.5 Å². The highest BCUT2D eigenvalue weighted by Gasteiger charge is 2.21. The molecular formula is C15H16N2O3S. The summed E-state index contributed by atoms with van der Waals surface area (Å²) in [5.41, 5.74) is 5.54. The molecule has 0 fully saturated rings. The summed E-state index contributed by atoms with van der Waals surface area (Å²) in [5, 5.41) is 2.86. The van der Waals surface area contributed by atoms with Crippen LogP contribution >= 0.6 is 11.3 Å². The molecule has 1 aliphatic rings. The van der Waals surface area contributed by atoms with Crippen molar-refractivity contribution in [1.29, 1.82) is 0 Å². The molecule has 0 saturated heterocycles.